The Hall–Kier alpha value is -1.06. The molecule has 0 aliphatic rings. The van der Waals surface area contributed by atoms with Crippen molar-refractivity contribution >= 4 is 22.6 Å². The number of rotatable bonds is 3. The molecule has 2 aromatic rings. The van der Waals surface area contributed by atoms with E-state index in [9.17, 15) is 0 Å². The van der Waals surface area contributed by atoms with Crippen molar-refractivity contribution in [2.75, 3.05) is 6.54 Å². The number of fused-ring (bicyclic) bond motifs is 1. The van der Waals surface area contributed by atoms with Crippen LogP contribution in [0.1, 0.15) is 25.1 Å². The molecule has 0 aliphatic heterocycles. The zero-order valence-electron chi connectivity index (χ0n) is 8.63. The second-order valence-electron chi connectivity index (χ2n) is 3.74. The van der Waals surface area contributed by atoms with Crippen LogP contribution in [0, 0.1) is 0 Å². The molecule has 0 bridgehead atoms. The van der Waals surface area contributed by atoms with Crippen LogP contribution in [-0.2, 0) is 0 Å². The van der Waals surface area contributed by atoms with Gasteiger partial charge in [-0.3, -0.25) is 0 Å². The van der Waals surface area contributed by atoms with Crippen LogP contribution in [0.15, 0.2) is 18.2 Å². The molecule has 0 saturated carbocycles. The van der Waals surface area contributed by atoms with Crippen LogP contribution in [0.4, 0.5) is 0 Å². The van der Waals surface area contributed by atoms with Gasteiger partial charge in [0.05, 0.1) is 10.5 Å². The molecular formula is C11H14ClN3. The summed E-state index contributed by atoms with van der Waals surface area (Å²) in [6, 6.07) is 5.75. The maximum absolute atomic E-state index is 6.04. The molecule has 15 heavy (non-hydrogen) atoms. The van der Waals surface area contributed by atoms with E-state index in [1.54, 1.807) is 0 Å². The minimum Gasteiger partial charge on any atom is -0.342 e. The molecular weight excluding hydrogens is 210 g/mol. The number of imidazole rings is 1. The third-order valence-corrected chi connectivity index (χ3v) is 2.85. The van der Waals surface area contributed by atoms with Gasteiger partial charge in [-0.05, 0) is 25.1 Å². The molecule has 1 aromatic carbocycles. The number of hydrogen-bond acceptors (Lipinski definition) is 2. The molecule has 80 valence electrons. The summed E-state index contributed by atoms with van der Waals surface area (Å²) in [4.78, 5) is 7.76. The first-order valence-electron chi connectivity index (χ1n) is 5.06. The summed E-state index contributed by atoms with van der Waals surface area (Å²) in [6.07, 6.45) is 0.928. The van der Waals surface area contributed by atoms with Gasteiger partial charge in [-0.1, -0.05) is 24.6 Å². The largest absolute Gasteiger partial charge is 0.342 e. The summed E-state index contributed by atoms with van der Waals surface area (Å²) in [6.45, 7) is 2.78. The Balaban J connectivity index is 2.43. The summed E-state index contributed by atoms with van der Waals surface area (Å²) in [5, 5.41) is 0.690. The standard InChI is InChI=1S/C11H14ClN3/c1-7(5-6-13)11-14-9-4-2-3-8(12)10(9)15-11/h2-4,7H,5-6,13H2,1H3,(H,14,15). The summed E-state index contributed by atoms with van der Waals surface area (Å²) in [7, 11) is 0. The highest BCUT2D eigenvalue weighted by Gasteiger charge is 2.11. The van der Waals surface area contributed by atoms with E-state index in [1.807, 2.05) is 18.2 Å². The molecule has 2 rings (SSSR count). The number of nitrogens with zero attached hydrogens (tertiary/aromatic N) is 1. The molecule has 1 heterocycles. The van der Waals surface area contributed by atoms with Gasteiger partial charge >= 0.3 is 0 Å². The lowest BCUT2D eigenvalue weighted by molar-refractivity contribution is 0.657. The quantitative estimate of drug-likeness (QED) is 0.841. The molecule has 3 N–H and O–H groups in total. The van der Waals surface area contributed by atoms with Crippen molar-refractivity contribution in [2.24, 2.45) is 5.73 Å². The summed E-state index contributed by atoms with van der Waals surface area (Å²) < 4.78 is 0. The maximum atomic E-state index is 6.04. The Morgan fingerprint density at radius 1 is 1.53 bits per heavy atom. The van der Waals surface area contributed by atoms with Gasteiger partial charge in [0.1, 0.15) is 11.3 Å². The fourth-order valence-electron chi connectivity index (χ4n) is 1.64. The van der Waals surface area contributed by atoms with Crippen LogP contribution in [0.25, 0.3) is 11.0 Å². The molecule has 1 unspecified atom stereocenters. The van der Waals surface area contributed by atoms with Crippen LogP contribution >= 0.6 is 11.6 Å². The third-order valence-electron chi connectivity index (χ3n) is 2.55. The number of hydrogen-bond donors (Lipinski definition) is 2. The average molecular weight is 224 g/mol. The average Bonchev–Trinajstić information content (AvgIpc) is 2.63. The lowest BCUT2D eigenvalue weighted by Gasteiger charge is -2.04. The van der Waals surface area contributed by atoms with Crippen molar-refractivity contribution in [3.8, 4) is 0 Å². The van der Waals surface area contributed by atoms with Crippen molar-refractivity contribution in [1.29, 1.82) is 0 Å². The number of aromatic nitrogens is 2. The van der Waals surface area contributed by atoms with Crippen molar-refractivity contribution in [1.82, 2.24) is 9.97 Å². The molecule has 1 aromatic heterocycles. The zero-order valence-corrected chi connectivity index (χ0v) is 9.38. The van der Waals surface area contributed by atoms with Gasteiger partial charge in [0.25, 0.3) is 0 Å². The maximum Gasteiger partial charge on any atom is 0.110 e. The highest BCUT2D eigenvalue weighted by Crippen LogP contribution is 2.24. The van der Waals surface area contributed by atoms with Gasteiger partial charge in [-0.15, -0.1) is 0 Å². The van der Waals surface area contributed by atoms with E-state index >= 15 is 0 Å². The summed E-state index contributed by atoms with van der Waals surface area (Å²) >= 11 is 6.04. The second-order valence-corrected chi connectivity index (χ2v) is 4.14. The van der Waals surface area contributed by atoms with Crippen LogP contribution in [0.2, 0.25) is 5.02 Å². The molecule has 0 saturated heterocycles. The summed E-state index contributed by atoms with van der Waals surface area (Å²) in [5.41, 5.74) is 7.36. The monoisotopic (exact) mass is 223 g/mol. The Morgan fingerprint density at radius 3 is 3.00 bits per heavy atom. The Bertz CT molecular complexity index is 464. The van der Waals surface area contributed by atoms with Crippen LogP contribution in [0.3, 0.4) is 0 Å². The molecule has 0 aliphatic carbocycles. The van der Waals surface area contributed by atoms with E-state index < -0.39 is 0 Å². The van der Waals surface area contributed by atoms with E-state index in [0.29, 0.717) is 17.5 Å². The van der Waals surface area contributed by atoms with Crippen LogP contribution in [-0.4, -0.2) is 16.5 Å². The number of nitrogens with two attached hydrogens (primary N) is 1. The number of halogens is 1. The lowest BCUT2D eigenvalue weighted by atomic mass is 10.1. The topological polar surface area (TPSA) is 54.7 Å². The minimum atomic E-state index is 0.346. The van der Waals surface area contributed by atoms with Crippen LogP contribution in [0.5, 0.6) is 0 Å². The van der Waals surface area contributed by atoms with E-state index in [4.69, 9.17) is 17.3 Å². The first kappa shape index (κ1) is 10.5. The van der Waals surface area contributed by atoms with E-state index in [-0.39, 0.29) is 0 Å². The predicted molar refractivity (Wildman–Crippen MR) is 63.2 cm³/mol. The van der Waals surface area contributed by atoms with Gasteiger partial charge in [-0.2, -0.15) is 0 Å². The van der Waals surface area contributed by atoms with Crippen molar-refractivity contribution in [2.45, 2.75) is 19.3 Å². The third kappa shape index (κ3) is 1.98. The zero-order chi connectivity index (χ0) is 10.8. The Kier molecular flexibility index (Phi) is 2.93. The molecule has 0 spiro atoms. The highest BCUT2D eigenvalue weighted by molar-refractivity contribution is 6.34. The number of benzene rings is 1. The predicted octanol–water partition coefficient (Wildman–Crippen LogP) is 2.67. The Morgan fingerprint density at radius 2 is 2.33 bits per heavy atom. The van der Waals surface area contributed by atoms with Crippen LogP contribution < -0.4 is 5.73 Å². The van der Waals surface area contributed by atoms with Gasteiger partial charge in [0.15, 0.2) is 0 Å². The molecule has 1 atom stereocenters. The fraction of sp³-hybridized carbons (Fsp3) is 0.364. The number of aromatic amines is 1. The van der Waals surface area contributed by atoms with Crippen molar-refractivity contribution < 1.29 is 0 Å². The summed E-state index contributed by atoms with van der Waals surface area (Å²) in [5.74, 6) is 1.31. The Labute approximate surface area is 93.6 Å². The fourth-order valence-corrected chi connectivity index (χ4v) is 1.85. The van der Waals surface area contributed by atoms with Crippen molar-refractivity contribution in [3.05, 3.63) is 29.0 Å². The molecule has 0 amide bonds. The van der Waals surface area contributed by atoms with E-state index in [0.717, 1.165) is 23.3 Å². The highest BCUT2D eigenvalue weighted by atomic mass is 35.5. The molecule has 4 heteroatoms. The SMILES string of the molecule is CC(CCN)c1nc2c(Cl)cccc2[nH]1. The molecule has 0 fully saturated rings. The smallest absolute Gasteiger partial charge is 0.110 e. The second kappa shape index (κ2) is 4.21. The first-order valence-corrected chi connectivity index (χ1v) is 5.44. The van der Waals surface area contributed by atoms with Gasteiger partial charge in [-0.25, -0.2) is 4.98 Å². The lowest BCUT2D eigenvalue weighted by Crippen LogP contribution is -2.05. The molecule has 3 nitrogen and oxygen atoms in total. The normalized spacial score (nSPS) is 13.3. The van der Waals surface area contributed by atoms with Crippen molar-refractivity contribution in [3.63, 3.8) is 0 Å². The van der Waals surface area contributed by atoms with Gasteiger partial charge in [0, 0.05) is 5.92 Å². The van der Waals surface area contributed by atoms with Gasteiger partial charge in [0.2, 0.25) is 0 Å². The van der Waals surface area contributed by atoms with E-state index in [2.05, 4.69) is 16.9 Å². The number of para-hydroxylation sites is 1. The first-order chi connectivity index (χ1) is 7.22. The number of nitrogens with one attached hydrogen (secondary N) is 1. The van der Waals surface area contributed by atoms with E-state index in [1.165, 1.54) is 0 Å². The molecule has 0 radical (unpaired) electrons. The minimum absolute atomic E-state index is 0.346. The van der Waals surface area contributed by atoms with Gasteiger partial charge < -0.3 is 10.7 Å². The number of H-pyrrole nitrogens is 1.